The zero-order valence-corrected chi connectivity index (χ0v) is 15.3. The second kappa shape index (κ2) is 8.11. The number of esters is 1. The Balaban J connectivity index is 2.28. The van der Waals surface area contributed by atoms with E-state index >= 15 is 0 Å². The molecule has 0 spiro atoms. The Bertz CT molecular complexity index is 722. The fourth-order valence-corrected chi connectivity index (χ4v) is 3.67. The number of benzene rings is 1. The van der Waals surface area contributed by atoms with Gasteiger partial charge in [-0.3, -0.25) is 4.79 Å². The molecule has 128 valence electrons. The van der Waals surface area contributed by atoms with Crippen LogP contribution in [0.5, 0.6) is 0 Å². The van der Waals surface area contributed by atoms with Gasteiger partial charge >= 0.3 is 5.97 Å². The molecule has 0 unspecified atom stereocenters. The van der Waals surface area contributed by atoms with Crippen molar-refractivity contribution in [2.24, 2.45) is 0 Å². The minimum absolute atomic E-state index is 0.101. The molecule has 1 heterocycles. The highest BCUT2D eigenvalue weighted by Gasteiger charge is 2.25. The first-order valence-electron chi connectivity index (χ1n) is 8.12. The molecule has 0 radical (unpaired) electrons. The number of aryl methyl sites for hydroxylation is 1. The Kier molecular flexibility index (Phi) is 6.15. The lowest BCUT2D eigenvalue weighted by Crippen LogP contribution is -2.21. The molecule has 0 saturated heterocycles. The molecule has 1 amide bonds. The first-order chi connectivity index (χ1) is 11.5. The fraction of sp³-hybridized carbons (Fsp3) is 0.368. The van der Waals surface area contributed by atoms with Gasteiger partial charge in [-0.25, -0.2) is 4.79 Å². The molecule has 2 aromatic rings. The standard InChI is InChI=1S/C19H23NO3S/c1-5-15(14-10-8-7-9-11-14)17(21)20-18-16(19(22)23-6-2)12(3)13(4)24-18/h7-11,15H,5-6H2,1-4H3,(H,20,21)/t15-/m0/s1. The Morgan fingerprint density at radius 1 is 1.17 bits per heavy atom. The van der Waals surface area contributed by atoms with Crippen LogP contribution in [0.15, 0.2) is 30.3 Å². The highest BCUT2D eigenvalue weighted by Crippen LogP contribution is 2.34. The molecule has 0 saturated carbocycles. The first-order valence-corrected chi connectivity index (χ1v) is 8.94. The van der Waals surface area contributed by atoms with Crippen LogP contribution in [-0.2, 0) is 9.53 Å². The van der Waals surface area contributed by atoms with Crippen LogP contribution in [0.2, 0.25) is 0 Å². The molecule has 5 heteroatoms. The number of hydrogen-bond donors (Lipinski definition) is 1. The minimum atomic E-state index is -0.387. The number of anilines is 1. The smallest absolute Gasteiger partial charge is 0.341 e. The second-order valence-electron chi connectivity index (χ2n) is 5.57. The van der Waals surface area contributed by atoms with Gasteiger partial charge in [0.05, 0.1) is 18.1 Å². The van der Waals surface area contributed by atoms with E-state index in [1.54, 1.807) is 6.92 Å². The van der Waals surface area contributed by atoms with Crippen molar-refractivity contribution in [3.05, 3.63) is 51.9 Å². The largest absolute Gasteiger partial charge is 0.462 e. The summed E-state index contributed by atoms with van der Waals surface area (Å²) in [6, 6.07) is 9.68. The van der Waals surface area contributed by atoms with Gasteiger partial charge in [-0.05, 0) is 38.3 Å². The van der Waals surface area contributed by atoms with E-state index in [9.17, 15) is 9.59 Å². The van der Waals surface area contributed by atoms with Crippen LogP contribution < -0.4 is 5.32 Å². The van der Waals surface area contributed by atoms with Gasteiger partial charge in [0.1, 0.15) is 5.00 Å². The lowest BCUT2D eigenvalue weighted by atomic mass is 9.95. The number of thiophene rings is 1. The van der Waals surface area contributed by atoms with Crippen molar-refractivity contribution < 1.29 is 14.3 Å². The van der Waals surface area contributed by atoms with Crippen molar-refractivity contribution in [3.63, 3.8) is 0 Å². The van der Waals surface area contributed by atoms with Gasteiger partial charge in [0, 0.05) is 4.88 Å². The zero-order chi connectivity index (χ0) is 17.7. The van der Waals surface area contributed by atoms with E-state index in [0.29, 0.717) is 23.6 Å². The van der Waals surface area contributed by atoms with E-state index in [2.05, 4.69) is 5.32 Å². The van der Waals surface area contributed by atoms with Crippen LogP contribution in [0, 0.1) is 13.8 Å². The number of rotatable bonds is 6. The van der Waals surface area contributed by atoms with Crippen molar-refractivity contribution in [1.29, 1.82) is 0 Å². The SMILES string of the molecule is CCOC(=O)c1c(NC(=O)[C@@H](CC)c2ccccc2)sc(C)c1C. The first kappa shape index (κ1) is 18.2. The van der Waals surface area contributed by atoms with Crippen molar-refractivity contribution >= 4 is 28.2 Å². The number of carbonyl (C=O) groups is 2. The van der Waals surface area contributed by atoms with Crippen LogP contribution >= 0.6 is 11.3 Å². The molecule has 0 aliphatic heterocycles. The third-order valence-corrected chi connectivity index (χ3v) is 5.15. The summed E-state index contributed by atoms with van der Waals surface area (Å²) in [5.74, 6) is -0.734. The lowest BCUT2D eigenvalue weighted by Gasteiger charge is -2.15. The van der Waals surface area contributed by atoms with E-state index in [1.165, 1.54) is 11.3 Å². The Morgan fingerprint density at radius 3 is 2.42 bits per heavy atom. The van der Waals surface area contributed by atoms with E-state index in [4.69, 9.17) is 4.74 Å². The average Bonchev–Trinajstić information content (AvgIpc) is 2.83. The molecule has 1 aromatic heterocycles. The van der Waals surface area contributed by atoms with Crippen molar-refractivity contribution in [2.75, 3.05) is 11.9 Å². The van der Waals surface area contributed by atoms with Crippen molar-refractivity contribution in [2.45, 2.75) is 40.0 Å². The van der Waals surface area contributed by atoms with Gasteiger partial charge in [-0.1, -0.05) is 37.3 Å². The van der Waals surface area contributed by atoms with Gasteiger partial charge < -0.3 is 10.1 Å². The quantitative estimate of drug-likeness (QED) is 0.774. The molecular formula is C19H23NO3S. The molecule has 0 fully saturated rings. The normalized spacial score (nSPS) is 11.8. The van der Waals surface area contributed by atoms with Crippen molar-refractivity contribution in [3.8, 4) is 0 Å². The maximum atomic E-state index is 12.7. The number of nitrogens with one attached hydrogen (secondary N) is 1. The molecule has 24 heavy (non-hydrogen) atoms. The molecule has 4 nitrogen and oxygen atoms in total. The lowest BCUT2D eigenvalue weighted by molar-refractivity contribution is -0.117. The predicted octanol–water partition coefficient (Wildman–Crippen LogP) is 4.67. The summed E-state index contributed by atoms with van der Waals surface area (Å²) in [5.41, 5.74) is 2.30. The zero-order valence-electron chi connectivity index (χ0n) is 14.5. The van der Waals surface area contributed by atoms with Gasteiger partial charge in [0.2, 0.25) is 5.91 Å². The Morgan fingerprint density at radius 2 is 1.83 bits per heavy atom. The third-order valence-electron chi connectivity index (χ3n) is 4.03. The summed E-state index contributed by atoms with van der Waals surface area (Å²) in [7, 11) is 0. The summed E-state index contributed by atoms with van der Waals surface area (Å²) in [5, 5.41) is 3.51. The number of carbonyl (C=O) groups excluding carboxylic acids is 2. The minimum Gasteiger partial charge on any atom is -0.462 e. The molecule has 0 bridgehead atoms. The third kappa shape index (κ3) is 3.85. The molecule has 1 atom stereocenters. The predicted molar refractivity (Wildman–Crippen MR) is 97.9 cm³/mol. The molecule has 0 aliphatic rings. The maximum Gasteiger partial charge on any atom is 0.341 e. The Hall–Kier alpha value is -2.14. The van der Waals surface area contributed by atoms with Crippen LogP contribution in [0.4, 0.5) is 5.00 Å². The van der Waals surface area contributed by atoms with E-state index < -0.39 is 0 Å². The highest BCUT2D eigenvalue weighted by atomic mass is 32.1. The van der Waals surface area contributed by atoms with Crippen LogP contribution in [-0.4, -0.2) is 18.5 Å². The van der Waals surface area contributed by atoms with Crippen LogP contribution in [0.25, 0.3) is 0 Å². The van der Waals surface area contributed by atoms with E-state index in [1.807, 2.05) is 51.1 Å². The summed E-state index contributed by atoms with van der Waals surface area (Å²) < 4.78 is 5.13. The van der Waals surface area contributed by atoms with Crippen LogP contribution in [0.3, 0.4) is 0 Å². The van der Waals surface area contributed by atoms with E-state index in [0.717, 1.165) is 16.0 Å². The molecule has 1 aromatic carbocycles. The molecule has 0 aliphatic carbocycles. The maximum absolute atomic E-state index is 12.7. The van der Waals surface area contributed by atoms with Gasteiger partial charge in [0.25, 0.3) is 0 Å². The molecule has 2 rings (SSSR count). The number of ether oxygens (including phenoxy) is 1. The summed E-state index contributed by atoms with van der Waals surface area (Å²) in [6.07, 6.45) is 0.688. The average molecular weight is 345 g/mol. The monoisotopic (exact) mass is 345 g/mol. The molecule has 1 N–H and O–H groups in total. The molecular weight excluding hydrogens is 322 g/mol. The van der Waals surface area contributed by atoms with Crippen molar-refractivity contribution in [1.82, 2.24) is 0 Å². The highest BCUT2D eigenvalue weighted by molar-refractivity contribution is 7.16. The second-order valence-corrected chi connectivity index (χ2v) is 6.79. The summed E-state index contributed by atoms with van der Waals surface area (Å²) >= 11 is 1.41. The van der Waals surface area contributed by atoms with E-state index in [-0.39, 0.29) is 17.8 Å². The fourth-order valence-electron chi connectivity index (χ4n) is 2.62. The summed E-state index contributed by atoms with van der Waals surface area (Å²) in [6.45, 7) is 7.87. The number of amides is 1. The Labute approximate surface area is 146 Å². The van der Waals surface area contributed by atoms with Gasteiger partial charge in [0.15, 0.2) is 0 Å². The topological polar surface area (TPSA) is 55.4 Å². The van der Waals surface area contributed by atoms with Gasteiger partial charge in [-0.2, -0.15) is 0 Å². The van der Waals surface area contributed by atoms with Gasteiger partial charge in [-0.15, -0.1) is 11.3 Å². The summed E-state index contributed by atoms with van der Waals surface area (Å²) in [4.78, 5) is 26.0. The number of hydrogen-bond acceptors (Lipinski definition) is 4. The van der Waals surface area contributed by atoms with Crippen LogP contribution in [0.1, 0.15) is 52.5 Å².